The number of hydrogen-bond acceptors (Lipinski definition) is 4. The largest absolute Gasteiger partial charge is 0.464 e. The number of furan rings is 1. The third-order valence-electron chi connectivity index (χ3n) is 3.26. The van der Waals surface area contributed by atoms with Gasteiger partial charge in [0.2, 0.25) is 0 Å². The topological polar surface area (TPSA) is 83.7 Å². The van der Waals surface area contributed by atoms with Gasteiger partial charge in [0.15, 0.2) is 0 Å². The molecule has 21 heavy (non-hydrogen) atoms. The molecule has 3 N–H and O–H groups in total. The predicted molar refractivity (Wildman–Crippen MR) is 80.1 cm³/mol. The van der Waals surface area contributed by atoms with Crippen molar-refractivity contribution >= 4 is 6.03 Å². The first-order valence-corrected chi connectivity index (χ1v) is 7.08. The maximum absolute atomic E-state index is 12.0. The van der Waals surface area contributed by atoms with Gasteiger partial charge in [0, 0.05) is 20.3 Å². The maximum Gasteiger partial charge on any atom is 0.315 e. The Morgan fingerprint density at radius 3 is 2.71 bits per heavy atom. The van der Waals surface area contributed by atoms with Crippen molar-refractivity contribution in [2.75, 3.05) is 26.9 Å². The van der Waals surface area contributed by atoms with Gasteiger partial charge in [-0.05, 0) is 30.9 Å². The van der Waals surface area contributed by atoms with Gasteiger partial charge in [0.25, 0.3) is 0 Å². The summed E-state index contributed by atoms with van der Waals surface area (Å²) in [5, 5.41) is 14.6. The Balaban J connectivity index is 2.53. The van der Waals surface area contributed by atoms with E-state index in [0.29, 0.717) is 25.3 Å². The summed E-state index contributed by atoms with van der Waals surface area (Å²) in [6, 6.07) is 3.07. The number of aliphatic hydroxyl groups excluding tert-OH is 1. The van der Waals surface area contributed by atoms with Crippen LogP contribution < -0.4 is 10.6 Å². The molecule has 1 aromatic rings. The number of hydrogen-bond donors (Lipinski definition) is 3. The van der Waals surface area contributed by atoms with Crippen LogP contribution in [0.4, 0.5) is 4.79 Å². The van der Waals surface area contributed by atoms with Gasteiger partial charge in [-0.2, -0.15) is 0 Å². The number of urea groups is 1. The molecular formula is C15H26N2O4. The van der Waals surface area contributed by atoms with Crippen LogP contribution in [0.3, 0.4) is 0 Å². The highest BCUT2D eigenvalue weighted by Crippen LogP contribution is 2.19. The molecule has 2 amide bonds. The number of carbonyl (C=O) groups is 1. The van der Waals surface area contributed by atoms with Gasteiger partial charge in [0.1, 0.15) is 17.6 Å². The van der Waals surface area contributed by atoms with Crippen LogP contribution in [0.1, 0.15) is 37.8 Å². The Kier molecular flexibility index (Phi) is 6.71. The number of amides is 2. The minimum atomic E-state index is -0.329. The molecular weight excluding hydrogens is 272 g/mol. The fourth-order valence-corrected chi connectivity index (χ4v) is 1.92. The number of rotatable bonds is 8. The lowest BCUT2D eigenvalue weighted by Crippen LogP contribution is -2.43. The molecule has 1 heterocycles. The molecule has 0 saturated heterocycles. The number of aliphatic hydroxyl groups is 1. The van der Waals surface area contributed by atoms with E-state index < -0.39 is 0 Å². The second kappa shape index (κ2) is 8.05. The van der Waals surface area contributed by atoms with Gasteiger partial charge < -0.3 is 24.9 Å². The molecule has 1 rings (SSSR count). The van der Waals surface area contributed by atoms with Crippen molar-refractivity contribution in [1.82, 2.24) is 10.6 Å². The zero-order valence-corrected chi connectivity index (χ0v) is 13.2. The molecule has 0 aromatic carbocycles. The van der Waals surface area contributed by atoms with Crippen LogP contribution in [0, 0.1) is 12.3 Å². The van der Waals surface area contributed by atoms with Crippen LogP contribution in [0.2, 0.25) is 0 Å². The lowest BCUT2D eigenvalue weighted by molar-refractivity contribution is 0.155. The summed E-state index contributed by atoms with van der Waals surface area (Å²) in [5.41, 5.74) is -0.149. The summed E-state index contributed by atoms with van der Waals surface area (Å²) in [6.45, 7) is 6.76. The Bertz CT molecular complexity index is 443. The second-order valence-electron chi connectivity index (χ2n) is 5.92. The van der Waals surface area contributed by atoms with E-state index >= 15 is 0 Å². The fraction of sp³-hybridized carbons (Fsp3) is 0.667. The Hall–Kier alpha value is -1.53. The highest BCUT2D eigenvalue weighted by atomic mass is 16.5. The van der Waals surface area contributed by atoms with Crippen molar-refractivity contribution in [2.45, 2.75) is 33.2 Å². The lowest BCUT2D eigenvalue weighted by Gasteiger charge is -2.24. The lowest BCUT2D eigenvalue weighted by atomic mass is 9.90. The Morgan fingerprint density at radius 1 is 1.48 bits per heavy atom. The smallest absolute Gasteiger partial charge is 0.315 e. The molecule has 0 spiro atoms. The molecule has 1 unspecified atom stereocenters. The molecule has 0 aliphatic rings. The fourth-order valence-electron chi connectivity index (χ4n) is 1.92. The monoisotopic (exact) mass is 298 g/mol. The SMILES string of the molecule is COCC(NC(=O)NCC(C)(C)CCO)c1ccc(C)o1. The normalized spacial score (nSPS) is 13.0. The third kappa shape index (κ3) is 6.18. The van der Waals surface area contributed by atoms with E-state index in [2.05, 4.69) is 10.6 Å². The molecule has 6 heteroatoms. The Morgan fingerprint density at radius 2 is 2.19 bits per heavy atom. The first-order valence-electron chi connectivity index (χ1n) is 7.08. The summed E-state index contributed by atoms with van der Waals surface area (Å²) < 4.78 is 10.6. The molecule has 0 fully saturated rings. The van der Waals surface area contributed by atoms with Crippen molar-refractivity contribution < 1.29 is 19.1 Å². The van der Waals surface area contributed by atoms with Gasteiger partial charge in [-0.15, -0.1) is 0 Å². The van der Waals surface area contributed by atoms with Crippen LogP contribution in [-0.4, -0.2) is 38.0 Å². The zero-order valence-electron chi connectivity index (χ0n) is 13.2. The van der Waals surface area contributed by atoms with E-state index in [1.807, 2.05) is 32.9 Å². The summed E-state index contributed by atoms with van der Waals surface area (Å²) in [4.78, 5) is 12.0. The molecule has 0 bridgehead atoms. The van der Waals surface area contributed by atoms with Crippen LogP contribution >= 0.6 is 0 Å². The van der Waals surface area contributed by atoms with E-state index in [1.165, 1.54) is 0 Å². The molecule has 6 nitrogen and oxygen atoms in total. The van der Waals surface area contributed by atoms with Gasteiger partial charge in [-0.1, -0.05) is 13.8 Å². The summed E-state index contributed by atoms with van der Waals surface area (Å²) in [6.07, 6.45) is 0.631. The molecule has 0 radical (unpaired) electrons. The summed E-state index contributed by atoms with van der Waals surface area (Å²) in [7, 11) is 1.58. The van der Waals surface area contributed by atoms with Gasteiger partial charge >= 0.3 is 6.03 Å². The third-order valence-corrected chi connectivity index (χ3v) is 3.26. The number of carbonyl (C=O) groups excluding carboxylic acids is 1. The summed E-state index contributed by atoms with van der Waals surface area (Å²) >= 11 is 0. The maximum atomic E-state index is 12.0. The van der Waals surface area contributed by atoms with Crippen molar-refractivity contribution in [3.05, 3.63) is 23.7 Å². The molecule has 0 aliphatic carbocycles. The minimum Gasteiger partial charge on any atom is -0.464 e. The van der Waals surface area contributed by atoms with Crippen molar-refractivity contribution in [2.24, 2.45) is 5.41 Å². The zero-order chi connectivity index (χ0) is 15.9. The van der Waals surface area contributed by atoms with Crippen LogP contribution in [0.5, 0.6) is 0 Å². The van der Waals surface area contributed by atoms with Crippen molar-refractivity contribution in [3.8, 4) is 0 Å². The van der Waals surface area contributed by atoms with Gasteiger partial charge in [-0.3, -0.25) is 0 Å². The minimum absolute atomic E-state index is 0.105. The predicted octanol–water partition coefficient (Wildman–Crippen LogP) is 1.98. The molecule has 0 saturated carbocycles. The standard InChI is InChI=1S/C15H26N2O4/c1-11-5-6-13(21-11)12(9-20-4)17-14(19)16-10-15(2,3)7-8-18/h5-6,12,18H,7-10H2,1-4H3,(H2,16,17,19). The van der Waals surface area contributed by atoms with E-state index in [1.54, 1.807) is 7.11 Å². The first-order chi connectivity index (χ1) is 9.88. The molecule has 120 valence electrons. The highest BCUT2D eigenvalue weighted by molar-refractivity contribution is 5.74. The van der Waals surface area contributed by atoms with E-state index in [9.17, 15) is 4.79 Å². The Labute approximate surface area is 125 Å². The van der Waals surface area contributed by atoms with Gasteiger partial charge in [0.05, 0.1) is 6.61 Å². The second-order valence-corrected chi connectivity index (χ2v) is 5.92. The average Bonchev–Trinajstić information content (AvgIpc) is 2.83. The number of methoxy groups -OCH3 is 1. The molecule has 0 aliphatic heterocycles. The quantitative estimate of drug-likeness (QED) is 0.685. The van der Waals surface area contributed by atoms with Crippen LogP contribution in [-0.2, 0) is 4.74 Å². The van der Waals surface area contributed by atoms with Crippen LogP contribution in [0.25, 0.3) is 0 Å². The number of ether oxygens (including phenoxy) is 1. The van der Waals surface area contributed by atoms with E-state index in [-0.39, 0.29) is 24.1 Å². The first kappa shape index (κ1) is 17.5. The molecule has 1 aromatic heterocycles. The molecule has 1 atom stereocenters. The number of nitrogens with one attached hydrogen (secondary N) is 2. The van der Waals surface area contributed by atoms with Crippen molar-refractivity contribution in [3.63, 3.8) is 0 Å². The summed E-state index contributed by atoms with van der Waals surface area (Å²) in [5.74, 6) is 1.46. The van der Waals surface area contributed by atoms with Gasteiger partial charge in [-0.25, -0.2) is 4.79 Å². The van der Waals surface area contributed by atoms with Crippen molar-refractivity contribution in [1.29, 1.82) is 0 Å². The van der Waals surface area contributed by atoms with E-state index in [4.69, 9.17) is 14.3 Å². The average molecular weight is 298 g/mol. The van der Waals surface area contributed by atoms with E-state index in [0.717, 1.165) is 5.76 Å². The highest BCUT2D eigenvalue weighted by Gasteiger charge is 2.21. The number of aryl methyl sites for hydroxylation is 1. The van der Waals surface area contributed by atoms with Crippen LogP contribution in [0.15, 0.2) is 16.5 Å².